The number of allylic oxidation sites excluding steroid dienone is 2. The number of aromatic hydroxyl groups is 2. The van der Waals surface area contributed by atoms with E-state index in [-0.39, 0.29) is 22.8 Å². The van der Waals surface area contributed by atoms with E-state index in [0.29, 0.717) is 0 Å². The molecule has 21 heavy (non-hydrogen) atoms. The zero-order valence-corrected chi connectivity index (χ0v) is 10.7. The smallest absolute Gasteiger partial charge is 0.211 e. The third kappa shape index (κ3) is 2.10. The van der Waals surface area contributed by atoms with Crippen LogP contribution in [-0.4, -0.2) is 32.3 Å². The van der Waals surface area contributed by atoms with Gasteiger partial charge in [0.1, 0.15) is 11.9 Å². The quantitative estimate of drug-likeness (QED) is 0.588. The van der Waals surface area contributed by atoms with E-state index in [1.807, 2.05) is 0 Å². The maximum absolute atomic E-state index is 12.1. The van der Waals surface area contributed by atoms with Crippen LogP contribution < -0.4 is 0 Å². The van der Waals surface area contributed by atoms with E-state index in [9.17, 15) is 25.2 Å². The zero-order chi connectivity index (χ0) is 15.1. The molecule has 1 heterocycles. The maximum Gasteiger partial charge on any atom is 0.211 e. The first-order valence-electron chi connectivity index (χ1n) is 6.23. The van der Waals surface area contributed by atoms with E-state index in [4.69, 9.17) is 4.74 Å². The Hall–Kier alpha value is -2.89. The highest BCUT2D eigenvalue weighted by molar-refractivity contribution is 6.03. The van der Waals surface area contributed by atoms with Crippen LogP contribution in [0.5, 0.6) is 11.5 Å². The molecule has 2 aliphatic rings. The van der Waals surface area contributed by atoms with Crippen LogP contribution in [0.25, 0.3) is 5.76 Å². The summed E-state index contributed by atoms with van der Waals surface area (Å²) < 4.78 is 5.55. The Kier molecular flexibility index (Phi) is 2.86. The second kappa shape index (κ2) is 4.59. The fourth-order valence-corrected chi connectivity index (χ4v) is 2.31. The molecule has 2 unspecified atom stereocenters. The Morgan fingerprint density at radius 2 is 1.81 bits per heavy atom. The first-order valence-corrected chi connectivity index (χ1v) is 6.23. The van der Waals surface area contributed by atoms with Gasteiger partial charge in [-0.05, 0) is 30.4 Å². The molecule has 0 fully saturated rings. The number of ketones is 1. The first kappa shape index (κ1) is 13.1. The predicted octanol–water partition coefficient (Wildman–Crippen LogP) is 1.92. The number of benzene rings is 1. The van der Waals surface area contributed by atoms with E-state index in [0.717, 1.165) is 0 Å². The van der Waals surface area contributed by atoms with E-state index in [1.165, 1.54) is 36.4 Å². The molecule has 1 aliphatic carbocycles. The number of Topliss-reactive ketones (excluding diaryl/α,β-unsaturated/α-hetero) is 1. The minimum atomic E-state index is -0.732. The lowest BCUT2D eigenvalue weighted by Gasteiger charge is -2.30. The number of ether oxygens (including phenoxy) is 1. The topological polar surface area (TPSA) is 107 Å². The average Bonchev–Trinajstić information content (AvgIpc) is 2.45. The summed E-state index contributed by atoms with van der Waals surface area (Å²) in [5.41, 5.74) is 0.247. The highest BCUT2D eigenvalue weighted by atomic mass is 16.5. The van der Waals surface area contributed by atoms with Crippen molar-refractivity contribution >= 4 is 11.5 Å². The van der Waals surface area contributed by atoms with Gasteiger partial charge in [0.05, 0.1) is 5.92 Å². The number of carbonyl (C=O) groups is 1. The number of hydrogen-bond donors (Lipinski definition) is 4. The molecule has 0 bridgehead atoms. The lowest BCUT2D eigenvalue weighted by molar-refractivity contribution is -0.124. The van der Waals surface area contributed by atoms with Crippen LogP contribution in [0.2, 0.25) is 0 Å². The summed E-state index contributed by atoms with van der Waals surface area (Å²) in [6.07, 6.45) is 3.47. The number of phenols is 2. The second-order valence-corrected chi connectivity index (χ2v) is 4.80. The lowest BCUT2D eigenvalue weighted by atomic mass is 9.88. The van der Waals surface area contributed by atoms with Crippen molar-refractivity contribution in [1.82, 2.24) is 0 Å². The van der Waals surface area contributed by atoms with Gasteiger partial charge in [0.25, 0.3) is 0 Å². The fourth-order valence-electron chi connectivity index (χ4n) is 2.31. The van der Waals surface area contributed by atoms with Crippen molar-refractivity contribution in [2.24, 2.45) is 5.92 Å². The number of carbonyl (C=O) groups excluding carboxylic acids is 1. The third-order valence-corrected chi connectivity index (χ3v) is 3.41. The molecular formula is C15H12O6. The van der Waals surface area contributed by atoms with E-state index in [1.54, 1.807) is 0 Å². The van der Waals surface area contributed by atoms with Crippen LogP contribution in [0.4, 0.5) is 0 Å². The number of rotatable bonds is 1. The molecule has 4 N–H and O–H groups in total. The molecule has 0 radical (unpaired) electrons. The van der Waals surface area contributed by atoms with Crippen molar-refractivity contribution < 1.29 is 30.0 Å². The van der Waals surface area contributed by atoms with Crippen molar-refractivity contribution in [3.8, 4) is 11.5 Å². The highest BCUT2D eigenvalue weighted by Crippen LogP contribution is 2.36. The summed E-state index contributed by atoms with van der Waals surface area (Å²) in [6, 6.07) is 3.80. The van der Waals surface area contributed by atoms with Crippen molar-refractivity contribution in [3.63, 3.8) is 0 Å². The van der Waals surface area contributed by atoms with Gasteiger partial charge in [-0.25, -0.2) is 0 Å². The van der Waals surface area contributed by atoms with Crippen LogP contribution in [-0.2, 0) is 9.53 Å². The molecule has 0 spiro atoms. The molecule has 3 rings (SSSR count). The SMILES string of the molecule is O=C1C(O)=C(c2ccc(O)c(O)c2)OC2C=C(O)C=CC12. The van der Waals surface area contributed by atoms with Gasteiger partial charge in [-0.15, -0.1) is 0 Å². The summed E-state index contributed by atoms with van der Waals surface area (Å²) in [5.74, 6) is -2.64. The summed E-state index contributed by atoms with van der Waals surface area (Å²) in [4.78, 5) is 12.1. The van der Waals surface area contributed by atoms with Gasteiger partial charge in [0.2, 0.25) is 11.5 Å². The number of aliphatic hydroxyl groups is 2. The monoisotopic (exact) mass is 288 g/mol. The molecule has 1 aromatic rings. The molecule has 6 nitrogen and oxygen atoms in total. The third-order valence-electron chi connectivity index (χ3n) is 3.41. The van der Waals surface area contributed by atoms with E-state index in [2.05, 4.69) is 0 Å². The Morgan fingerprint density at radius 3 is 2.52 bits per heavy atom. The van der Waals surface area contributed by atoms with Crippen LogP contribution in [0.1, 0.15) is 5.56 Å². The van der Waals surface area contributed by atoms with Crippen molar-refractivity contribution in [2.75, 3.05) is 0 Å². The van der Waals surface area contributed by atoms with Crippen molar-refractivity contribution in [2.45, 2.75) is 6.10 Å². The van der Waals surface area contributed by atoms with E-state index >= 15 is 0 Å². The maximum atomic E-state index is 12.1. The van der Waals surface area contributed by atoms with Crippen LogP contribution in [0, 0.1) is 5.92 Å². The zero-order valence-electron chi connectivity index (χ0n) is 10.7. The van der Waals surface area contributed by atoms with Gasteiger partial charge in [0, 0.05) is 5.56 Å². The van der Waals surface area contributed by atoms with Gasteiger partial charge in [-0.1, -0.05) is 6.08 Å². The molecule has 1 aliphatic heterocycles. The molecule has 1 aromatic carbocycles. The molecule has 108 valence electrons. The second-order valence-electron chi connectivity index (χ2n) is 4.80. The standard InChI is InChI=1S/C15H12O6/c16-8-2-3-9-12(6-8)21-15(14(20)13(9)19)7-1-4-10(17)11(18)5-7/h1-6,9,12,16-18,20H. The Bertz CT molecular complexity index is 713. The van der Waals surface area contributed by atoms with Crippen molar-refractivity contribution in [3.05, 3.63) is 53.5 Å². The first-order chi connectivity index (χ1) is 9.97. The van der Waals surface area contributed by atoms with Gasteiger partial charge in [-0.3, -0.25) is 4.79 Å². The highest BCUT2D eigenvalue weighted by Gasteiger charge is 2.38. The molecule has 0 amide bonds. The molecule has 6 heteroatoms. The Morgan fingerprint density at radius 1 is 1.05 bits per heavy atom. The fraction of sp³-hybridized carbons (Fsp3) is 0.133. The number of hydrogen-bond acceptors (Lipinski definition) is 6. The molecule has 0 aromatic heterocycles. The van der Waals surface area contributed by atoms with E-state index < -0.39 is 29.3 Å². The minimum absolute atomic E-state index is 0.0293. The Balaban J connectivity index is 2.05. The molecule has 2 atom stereocenters. The Labute approximate surface area is 119 Å². The normalized spacial score (nSPS) is 24.4. The number of fused-ring (bicyclic) bond motifs is 1. The largest absolute Gasteiger partial charge is 0.508 e. The summed E-state index contributed by atoms with van der Waals surface area (Å²) in [7, 11) is 0. The minimum Gasteiger partial charge on any atom is -0.508 e. The summed E-state index contributed by atoms with van der Waals surface area (Å²) >= 11 is 0. The number of aliphatic hydroxyl groups excluding tert-OH is 2. The predicted molar refractivity (Wildman–Crippen MR) is 72.5 cm³/mol. The van der Waals surface area contributed by atoms with Gasteiger partial charge in [0.15, 0.2) is 17.3 Å². The average molecular weight is 288 g/mol. The van der Waals surface area contributed by atoms with Crippen LogP contribution >= 0.6 is 0 Å². The summed E-state index contributed by atoms with van der Waals surface area (Å²) in [5, 5.41) is 38.3. The molecule has 0 saturated carbocycles. The van der Waals surface area contributed by atoms with Gasteiger partial charge in [-0.2, -0.15) is 0 Å². The molecular weight excluding hydrogens is 276 g/mol. The lowest BCUT2D eigenvalue weighted by Crippen LogP contribution is -2.35. The number of phenolic OH excluding ortho intramolecular Hbond substituents is 2. The van der Waals surface area contributed by atoms with Gasteiger partial charge < -0.3 is 25.2 Å². The van der Waals surface area contributed by atoms with Crippen LogP contribution in [0.15, 0.2) is 47.9 Å². The molecule has 0 saturated heterocycles. The summed E-state index contributed by atoms with van der Waals surface area (Å²) in [6.45, 7) is 0. The van der Waals surface area contributed by atoms with Crippen molar-refractivity contribution in [1.29, 1.82) is 0 Å². The van der Waals surface area contributed by atoms with Crippen LogP contribution in [0.3, 0.4) is 0 Å². The van der Waals surface area contributed by atoms with Gasteiger partial charge >= 0.3 is 0 Å².